The number of fused-ring (bicyclic) bond motifs is 5. The summed E-state index contributed by atoms with van der Waals surface area (Å²) < 4.78 is 49.0. The highest BCUT2D eigenvalue weighted by Gasteiger charge is 2.41. The number of nitrogens with one attached hydrogen (secondary N) is 3. The molecule has 5 rings (SSSR count). The second-order valence-electron chi connectivity index (χ2n) is 7.50. The Labute approximate surface area is 183 Å². The molecule has 3 N–H and O–H groups in total. The maximum Gasteiger partial charge on any atom is 0.410 e. The van der Waals surface area contributed by atoms with Crippen LogP contribution >= 0.6 is 0 Å². The minimum atomic E-state index is -4.72. The van der Waals surface area contributed by atoms with Gasteiger partial charge in [-0.15, -0.1) is 5.10 Å². The molecular formula is C19H18F3N9O2. The first-order chi connectivity index (χ1) is 15.7. The van der Waals surface area contributed by atoms with Crippen molar-refractivity contribution in [3.8, 4) is 0 Å². The number of hydrogen-bond donors (Lipinski definition) is 3. The lowest BCUT2D eigenvalue weighted by Crippen LogP contribution is -2.48. The molecule has 1 aliphatic rings. The molecule has 33 heavy (non-hydrogen) atoms. The summed E-state index contributed by atoms with van der Waals surface area (Å²) in [5.41, 5.74) is 2.33. The number of anilines is 3. The van der Waals surface area contributed by atoms with E-state index in [2.05, 4.69) is 31.0 Å². The van der Waals surface area contributed by atoms with E-state index in [0.717, 1.165) is 0 Å². The van der Waals surface area contributed by atoms with E-state index < -0.39 is 24.7 Å². The maximum atomic E-state index is 13.6. The first kappa shape index (κ1) is 20.9. The molecule has 0 radical (unpaired) electrons. The smallest absolute Gasteiger partial charge is 0.374 e. The highest BCUT2D eigenvalue weighted by atomic mass is 19.4. The van der Waals surface area contributed by atoms with Gasteiger partial charge in [-0.3, -0.25) is 4.79 Å². The first-order valence-corrected chi connectivity index (χ1v) is 9.86. The molecule has 14 heteroatoms. The number of ether oxygens (including phenoxy) is 1. The standard InChI is InChI=1S/C19H18F3N9O2/c1-23-15-5-14-25-11-3-9(4-12-16(11)30(2)29-28-12)7-33-8-13(19(20,21)22)26-18(32)10-6-24-31(15)17(10)27-14/h3-6,13,23H,7-8H2,1-2H3,(H,25,27)(H,26,32). The Kier molecular flexibility index (Phi) is 4.81. The molecule has 1 aliphatic heterocycles. The summed E-state index contributed by atoms with van der Waals surface area (Å²) in [7, 11) is 3.37. The van der Waals surface area contributed by atoms with E-state index in [0.29, 0.717) is 33.9 Å². The van der Waals surface area contributed by atoms with Gasteiger partial charge in [0, 0.05) is 20.2 Å². The third-order valence-electron chi connectivity index (χ3n) is 5.25. The Balaban J connectivity index is 1.71. The zero-order valence-electron chi connectivity index (χ0n) is 17.4. The van der Waals surface area contributed by atoms with Crippen LogP contribution < -0.4 is 16.0 Å². The summed E-state index contributed by atoms with van der Waals surface area (Å²) in [4.78, 5) is 17.2. The molecule has 4 heterocycles. The van der Waals surface area contributed by atoms with Crippen molar-refractivity contribution in [3.05, 3.63) is 35.5 Å². The van der Waals surface area contributed by atoms with Gasteiger partial charge in [0.05, 0.1) is 25.1 Å². The van der Waals surface area contributed by atoms with E-state index in [1.54, 1.807) is 37.0 Å². The molecular weight excluding hydrogens is 443 g/mol. The van der Waals surface area contributed by atoms with Gasteiger partial charge in [0.2, 0.25) is 0 Å². The van der Waals surface area contributed by atoms with Gasteiger partial charge in [-0.25, -0.2) is 9.67 Å². The lowest BCUT2D eigenvalue weighted by Gasteiger charge is -2.22. The Bertz CT molecular complexity index is 1380. The molecule has 0 saturated heterocycles. The monoisotopic (exact) mass is 461 g/mol. The quantitative estimate of drug-likeness (QED) is 0.393. The van der Waals surface area contributed by atoms with Crippen LogP contribution in [0.15, 0.2) is 24.4 Å². The van der Waals surface area contributed by atoms with Crippen LogP contribution in [-0.2, 0) is 18.4 Å². The van der Waals surface area contributed by atoms with Crippen molar-refractivity contribution in [2.24, 2.45) is 7.05 Å². The number of halogens is 3. The SMILES string of the molecule is CNc1cc2nc3c(cnn13)C(=O)NC(C(F)(F)F)COCc1cc(c3c(c1)nnn3C)N2. The Hall–Kier alpha value is -3.94. The molecule has 1 aromatic carbocycles. The van der Waals surface area contributed by atoms with Gasteiger partial charge in [0.15, 0.2) is 5.65 Å². The fourth-order valence-electron chi connectivity index (χ4n) is 3.68. The van der Waals surface area contributed by atoms with Crippen LogP contribution in [0.3, 0.4) is 0 Å². The molecule has 0 saturated carbocycles. The van der Waals surface area contributed by atoms with E-state index in [-0.39, 0.29) is 17.8 Å². The van der Waals surface area contributed by atoms with Crippen molar-refractivity contribution < 1.29 is 22.7 Å². The number of benzene rings is 1. The van der Waals surface area contributed by atoms with Crippen LogP contribution in [0.2, 0.25) is 0 Å². The topological polar surface area (TPSA) is 123 Å². The third kappa shape index (κ3) is 3.67. The van der Waals surface area contributed by atoms with E-state index in [1.807, 2.05) is 5.32 Å². The van der Waals surface area contributed by atoms with Gasteiger partial charge in [0.25, 0.3) is 5.91 Å². The second-order valence-corrected chi connectivity index (χ2v) is 7.50. The summed E-state index contributed by atoms with van der Waals surface area (Å²) in [6, 6.07) is 2.87. The van der Waals surface area contributed by atoms with Gasteiger partial charge in [-0.1, -0.05) is 5.21 Å². The number of alkyl halides is 3. The van der Waals surface area contributed by atoms with Gasteiger partial charge in [-0.2, -0.15) is 22.8 Å². The Morgan fingerprint density at radius 1 is 1.27 bits per heavy atom. The minimum Gasteiger partial charge on any atom is -0.374 e. The van der Waals surface area contributed by atoms with Crippen LogP contribution in [0, 0.1) is 0 Å². The summed E-state index contributed by atoms with van der Waals surface area (Å²) in [6.45, 7) is -0.896. The lowest BCUT2D eigenvalue weighted by molar-refractivity contribution is -0.166. The molecule has 0 fully saturated rings. The zero-order valence-corrected chi connectivity index (χ0v) is 17.4. The molecule has 11 nitrogen and oxygen atoms in total. The normalized spacial score (nSPS) is 17.1. The van der Waals surface area contributed by atoms with E-state index in [1.165, 1.54) is 10.7 Å². The van der Waals surface area contributed by atoms with E-state index in [9.17, 15) is 18.0 Å². The number of rotatable bonds is 1. The van der Waals surface area contributed by atoms with Crippen LogP contribution in [0.25, 0.3) is 16.7 Å². The average Bonchev–Trinajstić information content (AvgIpc) is 3.35. The predicted octanol–water partition coefficient (Wildman–Crippen LogP) is 1.99. The fraction of sp³-hybridized carbons (Fsp3) is 0.316. The average molecular weight is 461 g/mol. The van der Waals surface area contributed by atoms with E-state index >= 15 is 0 Å². The molecule has 1 unspecified atom stereocenters. The number of carbonyl (C=O) groups excluding carboxylic acids is 1. The number of aromatic nitrogens is 6. The fourth-order valence-corrected chi connectivity index (χ4v) is 3.68. The number of hydrogen-bond acceptors (Lipinski definition) is 8. The van der Waals surface area contributed by atoms with Gasteiger partial charge < -0.3 is 20.7 Å². The zero-order chi connectivity index (χ0) is 23.3. The van der Waals surface area contributed by atoms with Crippen molar-refractivity contribution in [2.45, 2.75) is 18.8 Å². The molecule has 0 spiro atoms. The first-order valence-electron chi connectivity index (χ1n) is 9.86. The molecule has 1 amide bonds. The van der Waals surface area contributed by atoms with Crippen LogP contribution in [0.4, 0.5) is 30.5 Å². The van der Waals surface area contributed by atoms with Crippen molar-refractivity contribution >= 4 is 39.9 Å². The molecule has 0 aliphatic carbocycles. The molecule has 4 bridgehead atoms. The Morgan fingerprint density at radius 2 is 2.09 bits per heavy atom. The minimum absolute atomic E-state index is 0.0799. The van der Waals surface area contributed by atoms with Crippen LogP contribution in [0.1, 0.15) is 15.9 Å². The van der Waals surface area contributed by atoms with Gasteiger partial charge >= 0.3 is 6.18 Å². The highest BCUT2D eigenvalue weighted by molar-refractivity contribution is 6.00. The maximum absolute atomic E-state index is 13.6. The molecule has 172 valence electrons. The van der Waals surface area contributed by atoms with Crippen molar-refractivity contribution in [2.75, 3.05) is 24.3 Å². The third-order valence-corrected chi connectivity index (χ3v) is 5.25. The van der Waals surface area contributed by atoms with Gasteiger partial charge in [0.1, 0.15) is 34.3 Å². The number of amides is 1. The van der Waals surface area contributed by atoms with Crippen LogP contribution in [0.5, 0.6) is 0 Å². The molecule has 4 aromatic rings. The van der Waals surface area contributed by atoms with Gasteiger partial charge in [-0.05, 0) is 17.7 Å². The second kappa shape index (κ2) is 7.58. The van der Waals surface area contributed by atoms with Crippen molar-refractivity contribution in [1.29, 1.82) is 0 Å². The lowest BCUT2D eigenvalue weighted by atomic mass is 10.1. The summed E-state index contributed by atoms with van der Waals surface area (Å²) in [5.74, 6) is -0.150. The highest BCUT2D eigenvalue weighted by Crippen LogP contribution is 2.29. The molecule has 3 aromatic heterocycles. The van der Waals surface area contributed by atoms with Crippen molar-refractivity contribution in [3.63, 3.8) is 0 Å². The summed E-state index contributed by atoms with van der Waals surface area (Å²) in [5, 5.41) is 20.4. The van der Waals surface area contributed by atoms with Crippen LogP contribution in [-0.4, -0.2) is 61.4 Å². The Morgan fingerprint density at radius 3 is 2.85 bits per heavy atom. The molecule has 1 atom stereocenters. The number of carbonyl (C=O) groups is 1. The summed E-state index contributed by atoms with van der Waals surface area (Å²) in [6.07, 6.45) is -3.54. The van der Waals surface area contributed by atoms with E-state index in [4.69, 9.17) is 4.74 Å². The summed E-state index contributed by atoms with van der Waals surface area (Å²) >= 11 is 0. The number of nitrogens with zero attached hydrogens (tertiary/aromatic N) is 6. The largest absolute Gasteiger partial charge is 0.410 e. The van der Waals surface area contributed by atoms with Crippen molar-refractivity contribution in [1.82, 2.24) is 34.9 Å². The predicted molar refractivity (Wildman–Crippen MR) is 111 cm³/mol. The number of aryl methyl sites for hydroxylation is 1.